The van der Waals surface area contributed by atoms with Crippen LogP contribution >= 0.6 is 0 Å². The van der Waals surface area contributed by atoms with Crippen LogP contribution in [0.5, 0.6) is 0 Å². The number of carboxylic acid groups (broad SMARTS) is 1. The highest BCUT2D eigenvalue weighted by molar-refractivity contribution is 5.66. The maximum absolute atomic E-state index is 10.7. The van der Waals surface area contributed by atoms with Gasteiger partial charge in [-0.05, 0) is 37.5 Å². The second-order valence-electron chi connectivity index (χ2n) is 6.07. The van der Waals surface area contributed by atoms with E-state index >= 15 is 0 Å². The van der Waals surface area contributed by atoms with Gasteiger partial charge in [0.05, 0.1) is 6.61 Å². The number of carbonyl (C=O) groups is 1. The number of carboxylic acids is 1. The number of hydrogen-bond acceptors (Lipinski definition) is 4. The van der Waals surface area contributed by atoms with Gasteiger partial charge in [-0.25, -0.2) is 0 Å². The minimum atomic E-state index is -0.695. The third-order valence-corrected chi connectivity index (χ3v) is 4.14. The number of aliphatic carboxylic acids is 1. The largest absolute Gasteiger partial charge is 0.481 e. The van der Waals surface area contributed by atoms with E-state index in [0.717, 1.165) is 31.8 Å². The van der Waals surface area contributed by atoms with Crippen LogP contribution in [0, 0.1) is 11.8 Å². The first-order valence-corrected chi connectivity index (χ1v) is 7.45. The molecule has 19 heavy (non-hydrogen) atoms. The Morgan fingerprint density at radius 2 is 2.05 bits per heavy atom. The van der Waals surface area contributed by atoms with Crippen molar-refractivity contribution >= 4 is 5.97 Å². The number of likely N-dealkylation sites (tertiary alicyclic amines) is 1. The summed E-state index contributed by atoms with van der Waals surface area (Å²) < 4.78 is 0. The lowest BCUT2D eigenvalue weighted by Crippen LogP contribution is -2.50. The normalized spacial score (nSPS) is 28.5. The number of hydrogen-bond donors (Lipinski definition) is 3. The van der Waals surface area contributed by atoms with Crippen LogP contribution < -0.4 is 5.32 Å². The molecule has 5 heteroatoms. The first kappa shape index (κ1) is 14.8. The van der Waals surface area contributed by atoms with Crippen molar-refractivity contribution in [2.45, 2.75) is 38.1 Å². The van der Waals surface area contributed by atoms with Gasteiger partial charge in [0.25, 0.3) is 0 Å². The van der Waals surface area contributed by atoms with Crippen molar-refractivity contribution in [1.82, 2.24) is 10.2 Å². The van der Waals surface area contributed by atoms with E-state index in [1.54, 1.807) is 0 Å². The molecule has 0 spiro atoms. The molecule has 0 aromatic rings. The lowest BCUT2D eigenvalue weighted by Gasteiger charge is -2.38. The Labute approximate surface area is 115 Å². The van der Waals surface area contributed by atoms with Gasteiger partial charge in [0.2, 0.25) is 0 Å². The molecular formula is C14H26N2O3. The van der Waals surface area contributed by atoms with Crippen LogP contribution in [0.4, 0.5) is 0 Å². The molecule has 1 saturated heterocycles. The van der Waals surface area contributed by atoms with Crippen LogP contribution in [0.3, 0.4) is 0 Å². The van der Waals surface area contributed by atoms with Gasteiger partial charge in [0, 0.05) is 38.6 Å². The molecule has 2 atom stereocenters. The molecule has 2 rings (SSSR count). The van der Waals surface area contributed by atoms with Crippen LogP contribution in [0.25, 0.3) is 0 Å². The summed E-state index contributed by atoms with van der Waals surface area (Å²) in [6, 6.07) is 0.401. The van der Waals surface area contributed by atoms with Crippen molar-refractivity contribution in [3.8, 4) is 0 Å². The Bertz CT molecular complexity index is 294. The highest BCUT2D eigenvalue weighted by Crippen LogP contribution is 2.31. The second-order valence-corrected chi connectivity index (χ2v) is 6.07. The van der Waals surface area contributed by atoms with Gasteiger partial charge >= 0.3 is 5.97 Å². The molecule has 0 aromatic carbocycles. The van der Waals surface area contributed by atoms with Crippen LogP contribution in [0.1, 0.15) is 32.1 Å². The van der Waals surface area contributed by atoms with Crippen molar-refractivity contribution < 1.29 is 15.0 Å². The van der Waals surface area contributed by atoms with E-state index < -0.39 is 5.97 Å². The lowest BCUT2D eigenvalue weighted by molar-refractivity contribution is -0.137. The van der Waals surface area contributed by atoms with Crippen molar-refractivity contribution in [2.24, 2.45) is 11.8 Å². The van der Waals surface area contributed by atoms with Crippen molar-refractivity contribution in [1.29, 1.82) is 0 Å². The van der Waals surface area contributed by atoms with E-state index in [4.69, 9.17) is 10.2 Å². The SMILES string of the molecule is O=C(O)CCC1CC(NCCO)CN(CC2CC2)C1. The number of aliphatic hydroxyl groups excluding tert-OH is 1. The average Bonchev–Trinajstić information content (AvgIpc) is 3.17. The maximum Gasteiger partial charge on any atom is 0.303 e. The number of nitrogens with zero attached hydrogens (tertiary/aromatic N) is 1. The quantitative estimate of drug-likeness (QED) is 0.600. The van der Waals surface area contributed by atoms with Crippen molar-refractivity contribution in [3.63, 3.8) is 0 Å². The van der Waals surface area contributed by atoms with Gasteiger partial charge < -0.3 is 20.4 Å². The summed E-state index contributed by atoms with van der Waals surface area (Å²) in [5, 5.41) is 21.1. The molecule has 0 aromatic heterocycles. The zero-order valence-corrected chi connectivity index (χ0v) is 11.6. The molecular weight excluding hydrogens is 244 g/mol. The number of piperidine rings is 1. The van der Waals surface area contributed by atoms with Gasteiger partial charge in [-0.1, -0.05) is 0 Å². The summed E-state index contributed by atoms with van der Waals surface area (Å²) in [6.07, 6.45) is 4.78. The van der Waals surface area contributed by atoms with E-state index in [-0.39, 0.29) is 13.0 Å². The fourth-order valence-electron chi connectivity index (χ4n) is 3.07. The van der Waals surface area contributed by atoms with Gasteiger partial charge in [-0.15, -0.1) is 0 Å². The Morgan fingerprint density at radius 3 is 2.68 bits per heavy atom. The molecule has 0 amide bonds. The van der Waals surface area contributed by atoms with Crippen molar-refractivity contribution in [2.75, 3.05) is 32.8 Å². The molecule has 0 bridgehead atoms. The maximum atomic E-state index is 10.7. The summed E-state index contributed by atoms with van der Waals surface area (Å²) in [5.41, 5.74) is 0. The number of aliphatic hydroxyl groups is 1. The highest BCUT2D eigenvalue weighted by atomic mass is 16.4. The fraction of sp³-hybridized carbons (Fsp3) is 0.929. The average molecular weight is 270 g/mol. The van der Waals surface area contributed by atoms with Gasteiger partial charge in [0.1, 0.15) is 0 Å². The summed E-state index contributed by atoms with van der Waals surface area (Å²) >= 11 is 0. The molecule has 1 aliphatic heterocycles. The fourth-order valence-corrected chi connectivity index (χ4v) is 3.07. The van der Waals surface area contributed by atoms with Gasteiger partial charge in [-0.3, -0.25) is 4.79 Å². The zero-order valence-electron chi connectivity index (χ0n) is 11.6. The predicted molar refractivity (Wildman–Crippen MR) is 73.0 cm³/mol. The van der Waals surface area contributed by atoms with Crippen LogP contribution in [0.2, 0.25) is 0 Å². The Morgan fingerprint density at radius 1 is 1.26 bits per heavy atom. The van der Waals surface area contributed by atoms with Gasteiger partial charge in [0.15, 0.2) is 0 Å². The first-order valence-electron chi connectivity index (χ1n) is 7.45. The molecule has 1 aliphatic carbocycles. The third kappa shape index (κ3) is 5.47. The predicted octanol–water partition coefficient (Wildman–Crippen LogP) is 0.534. The summed E-state index contributed by atoms with van der Waals surface area (Å²) in [6.45, 7) is 4.05. The van der Waals surface area contributed by atoms with E-state index in [0.29, 0.717) is 18.5 Å². The molecule has 1 heterocycles. The standard InChI is InChI=1S/C14H26N2O3/c17-6-5-15-13-7-12(3-4-14(18)19)9-16(10-13)8-11-1-2-11/h11-13,15,17H,1-10H2,(H,18,19). The molecule has 3 N–H and O–H groups in total. The van der Waals surface area contributed by atoms with E-state index in [9.17, 15) is 4.79 Å². The molecule has 110 valence electrons. The molecule has 0 radical (unpaired) electrons. The van der Waals surface area contributed by atoms with Crippen LogP contribution in [-0.4, -0.2) is 59.9 Å². The topological polar surface area (TPSA) is 72.8 Å². The van der Waals surface area contributed by atoms with E-state index in [2.05, 4.69) is 10.2 Å². The van der Waals surface area contributed by atoms with Gasteiger partial charge in [-0.2, -0.15) is 0 Å². The number of nitrogens with one attached hydrogen (secondary N) is 1. The third-order valence-electron chi connectivity index (χ3n) is 4.14. The van der Waals surface area contributed by atoms with E-state index in [1.807, 2.05) is 0 Å². The smallest absolute Gasteiger partial charge is 0.303 e. The van der Waals surface area contributed by atoms with E-state index in [1.165, 1.54) is 19.4 Å². The van der Waals surface area contributed by atoms with Crippen LogP contribution in [-0.2, 0) is 4.79 Å². The number of rotatable bonds is 8. The first-order chi connectivity index (χ1) is 9.17. The Balaban J connectivity index is 1.80. The second kappa shape index (κ2) is 7.22. The van der Waals surface area contributed by atoms with Crippen molar-refractivity contribution in [3.05, 3.63) is 0 Å². The Kier molecular flexibility index (Phi) is 5.60. The lowest BCUT2D eigenvalue weighted by atomic mass is 9.90. The minimum Gasteiger partial charge on any atom is -0.481 e. The summed E-state index contributed by atoms with van der Waals surface area (Å²) in [4.78, 5) is 13.2. The molecule has 2 unspecified atom stereocenters. The summed E-state index contributed by atoms with van der Waals surface area (Å²) in [7, 11) is 0. The highest BCUT2D eigenvalue weighted by Gasteiger charge is 2.31. The summed E-state index contributed by atoms with van der Waals surface area (Å²) in [5.74, 6) is 0.649. The van der Waals surface area contributed by atoms with Crippen LogP contribution in [0.15, 0.2) is 0 Å². The zero-order chi connectivity index (χ0) is 13.7. The Hall–Kier alpha value is -0.650. The monoisotopic (exact) mass is 270 g/mol. The molecule has 2 fully saturated rings. The molecule has 5 nitrogen and oxygen atoms in total. The molecule has 2 aliphatic rings. The minimum absolute atomic E-state index is 0.166. The molecule has 1 saturated carbocycles.